The number of carbonyl (C=O) groups excluding carboxylic acids is 1. The lowest BCUT2D eigenvalue weighted by Gasteiger charge is -2.11. The second-order valence-electron chi connectivity index (χ2n) is 5.93. The van der Waals surface area contributed by atoms with Gasteiger partial charge in [0.15, 0.2) is 0 Å². The van der Waals surface area contributed by atoms with Crippen LogP contribution >= 0.6 is 0 Å². The number of pyridine rings is 1. The normalized spacial score (nSPS) is 10.7. The number of nitrogens with zero attached hydrogens (tertiary/aromatic N) is 3. The lowest BCUT2D eigenvalue weighted by Crippen LogP contribution is -2.18. The second kappa shape index (κ2) is 7.70. The Balaban J connectivity index is 1.56. The van der Waals surface area contributed by atoms with Crippen LogP contribution < -0.4 is 10.1 Å². The highest BCUT2D eigenvalue weighted by atomic mass is 16.5. The van der Waals surface area contributed by atoms with Crippen molar-refractivity contribution in [1.82, 2.24) is 14.5 Å². The molecule has 6 heteroatoms. The molecule has 0 radical (unpaired) electrons. The fraction of sp³-hybridized carbons (Fsp3) is 0.0952. The van der Waals surface area contributed by atoms with Crippen LogP contribution in [0, 0.1) is 0 Å². The number of carbonyl (C=O) groups is 1. The van der Waals surface area contributed by atoms with Crippen molar-refractivity contribution >= 4 is 22.9 Å². The number of hydrogen-bond acceptors (Lipinski definition) is 4. The third-order valence-corrected chi connectivity index (χ3v) is 4.13. The van der Waals surface area contributed by atoms with Crippen molar-refractivity contribution in [3.63, 3.8) is 0 Å². The molecule has 2 aromatic carbocycles. The Labute approximate surface area is 156 Å². The maximum atomic E-state index is 12.5. The molecule has 0 saturated heterocycles. The molecule has 0 fully saturated rings. The molecule has 4 aromatic rings. The number of rotatable bonds is 6. The molecule has 27 heavy (non-hydrogen) atoms. The highest BCUT2D eigenvalue weighted by Crippen LogP contribution is 2.20. The van der Waals surface area contributed by atoms with Crippen molar-refractivity contribution in [1.29, 1.82) is 0 Å². The summed E-state index contributed by atoms with van der Waals surface area (Å²) in [4.78, 5) is 21.0. The number of ether oxygens (including phenoxy) is 1. The van der Waals surface area contributed by atoms with Gasteiger partial charge < -0.3 is 9.30 Å². The van der Waals surface area contributed by atoms with Crippen molar-refractivity contribution in [2.45, 2.75) is 6.54 Å². The van der Waals surface area contributed by atoms with E-state index in [1.807, 2.05) is 59.2 Å². The van der Waals surface area contributed by atoms with Crippen molar-refractivity contribution in [2.75, 3.05) is 11.9 Å². The van der Waals surface area contributed by atoms with Crippen LogP contribution in [0.15, 0.2) is 79.1 Å². The predicted octanol–water partition coefficient (Wildman–Crippen LogP) is 3.76. The molecule has 134 valence electrons. The first-order chi connectivity index (χ1) is 13.3. The van der Waals surface area contributed by atoms with Crippen molar-refractivity contribution in [2.24, 2.45) is 0 Å². The van der Waals surface area contributed by atoms with Gasteiger partial charge in [-0.1, -0.05) is 30.3 Å². The summed E-state index contributed by atoms with van der Waals surface area (Å²) >= 11 is 0. The summed E-state index contributed by atoms with van der Waals surface area (Å²) in [6.07, 6.45) is 3.16. The van der Waals surface area contributed by atoms with Crippen LogP contribution in [0.3, 0.4) is 0 Å². The summed E-state index contributed by atoms with van der Waals surface area (Å²) in [5.74, 6) is 1.05. The van der Waals surface area contributed by atoms with Crippen LogP contribution in [-0.4, -0.2) is 27.0 Å². The fourth-order valence-electron chi connectivity index (χ4n) is 2.84. The maximum absolute atomic E-state index is 12.5. The molecule has 1 amide bonds. The topological polar surface area (TPSA) is 69.0 Å². The molecule has 0 spiro atoms. The van der Waals surface area contributed by atoms with Gasteiger partial charge in [-0.05, 0) is 36.4 Å². The molecule has 0 unspecified atom stereocenters. The van der Waals surface area contributed by atoms with Gasteiger partial charge in [-0.3, -0.25) is 15.1 Å². The minimum absolute atomic E-state index is 0.247. The zero-order valence-corrected chi connectivity index (χ0v) is 14.6. The predicted molar refractivity (Wildman–Crippen MR) is 104 cm³/mol. The molecule has 0 aliphatic heterocycles. The number of amides is 1. The molecule has 0 atom stereocenters. The number of nitrogens with one attached hydrogen (secondary N) is 1. The second-order valence-corrected chi connectivity index (χ2v) is 5.93. The standard InChI is InChI=1S/C21H18N4O2/c26-20(16-7-6-12-22-15-16)24-21-23-18-10-4-5-11-19(18)25(21)13-14-27-17-8-2-1-3-9-17/h1-12,15H,13-14H2,(H,23,24,26). The van der Waals surface area contributed by atoms with E-state index in [-0.39, 0.29) is 5.91 Å². The van der Waals surface area contributed by atoms with E-state index in [9.17, 15) is 4.79 Å². The lowest BCUT2D eigenvalue weighted by atomic mass is 10.3. The Morgan fingerprint density at radius 1 is 1.00 bits per heavy atom. The lowest BCUT2D eigenvalue weighted by molar-refractivity contribution is 0.102. The molecular weight excluding hydrogens is 340 g/mol. The summed E-state index contributed by atoms with van der Waals surface area (Å²) in [5.41, 5.74) is 2.24. The molecular formula is C21H18N4O2. The first-order valence-electron chi connectivity index (χ1n) is 8.66. The molecule has 2 heterocycles. The van der Waals surface area contributed by atoms with Crippen LogP contribution in [0.1, 0.15) is 10.4 Å². The molecule has 6 nitrogen and oxygen atoms in total. The Hall–Kier alpha value is -3.67. The minimum atomic E-state index is -0.247. The van der Waals surface area contributed by atoms with Crippen molar-refractivity contribution in [3.05, 3.63) is 84.7 Å². The first kappa shape index (κ1) is 16.8. The number of hydrogen-bond donors (Lipinski definition) is 1. The van der Waals surface area contributed by atoms with Gasteiger partial charge in [0.1, 0.15) is 12.4 Å². The van der Waals surface area contributed by atoms with Gasteiger partial charge >= 0.3 is 0 Å². The monoisotopic (exact) mass is 358 g/mol. The molecule has 0 aliphatic carbocycles. The molecule has 1 N–H and O–H groups in total. The highest BCUT2D eigenvalue weighted by Gasteiger charge is 2.14. The molecule has 4 rings (SSSR count). The summed E-state index contributed by atoms with van der Waals surface area (Å²) < 4.78 is 7.75. The van der Waals surface area contributed by atoms with Crippen molar-refractivity contribution in [3.8, 4) is 5.75 Å². The van der Waals surface area contributed by atoms with Crippen molar-refractivity contribution < 1.29 is 9.53 Å². The number of fused-ring (bicyclic) bond motifs is 1. The van der Waals surface area contributed by atoms with E-state index >= 15 is 0 Å². The van der Waals surface area contributed by atoms with Gasteiger partial charge in [-0.25, -0.2) is 4.98 Å². The van der Waals surface area contributed by atoms with E-state index in [0.29, 0.717) is 24.7 Å². The number of imidazole rings is 1. The van der Waals surface area contributed by atoms with Gasteiger partial charge in [0.25, 0.3) is 5.91 Å². The third kappa shape index (κ3) is 3.79. The molecule has 0 saturated carbocycles. The first-order valence-corrected chi connectivity index (χ1v) is 8.66. The summed E-state index contributed by atoms with van der Waals surface area (Å²) in [6, 6.07) is 20.9. The van der Waals surface area contributed by atoms with Gasteiger partial charge in [-0.15, -0.1) is 0 Å². The van der Waals surface area contributed by atoms with E-state index in [1.54, 1.807) is 18.3 Å². The summed E-state index contributed by atoms with van der Waals surface area (Å²) in [6.45, 7) is 1.01. The van der Waals surface area contributed by atoms with E-state index < -0.39 is 0 Å². The van der Waals surface area contributed by atoms with Crippen LogP contribution in [-0.2, 0) is 6.54 Å². The number of anilines is 1. The molecule has 0 aliphatic rings. The SMILES string of the molecule is O=C(Nc1nc2ccccc2n1CCOc1ccccc1)c1cccnc1. The van der Waals surface area contributed by atoms with Gasteiger partial charge in [0.2, 0.25) is 5.95 Å². The Bertz CT molecular complexity index is 1050. The third-order valence-electron chi connectivity index (χ3n) is 4.13. The zero-order chi connectivity index (χ0) is 18.5. The van der Waals surface area contributed by atoms with E-state index in [2.05, 4.69) is 15.3 Å². The number of para-hydroxylation sites is 3. The highest BCUT2D eigenvalue weighted by molar-refractivity contribution is 6.03. The zero-order valence-electron chi connectivity index (χ0n) is 14.6. The minimum Gasteiger partial charge on any atom is -0.492 e. The van der Waals surface area contributed by atoms with Gasteiger partial charge in [0.05, 0.1) is 23.1 Å². The van der Waals surface area contributed by atoms with Crippen LogP contribution in [0.25, 0.3) is 11.0 Å². The Morgan fingerprint density at radius 2 is 1.81 bits per heavy atom. The largest absolute Gasteiger partial charge is 0.492 e. The summed E-state index contributed by atoms with van der Waals surface area (Å²) in [5, 5.41) is 2.88. The van der Waals surface area contributed by atoms with Gasteiger partial charge in [-0.2, -0.15) is 0 Å². The van der Waals surface area contributed by atoms with E-state index in [4.69, 9.17) is 4.74 Å². The van der Waals surface area contributed by atoms with Gasteiger partial charge in [0, 0.05) is 12.4 Å². The quantitative estimate of drug-likeness (QED) is 0.570. The molecule has 0 bridgehead atoms. The maximum Gasteiger partial charge on any atom is 0.259 e. The van der Waals surface area contributed by atoms with Crippen LogP contribution in [0.2, 0.25) is 0 Å². The Kier molecular flexibility index (Phi) is 4.78. The average Bonchev–Trinajstić information content (AvgIpc) is 3.07. The fourth-order valence-corrected chi connectivity index (χ4v) is 2.84. The molecule has 2 aromatic heterocycles. The number of benzene rings is 2. The van der Waals surface area contributed by atoms with Crippen LogP contribution in [0.5, 0.6) is 5.75 Å². The van der Waals surface area contributed by atoms with E-state index in [0.717, 1.165) is 16.8 Å². The smallest absolute Gasteiger partial charge is 0.259 e. The number of aromatic nitrogens is 3. The van der Waals surface area contributed by atoms with E-state index in [1.165, 1.54) is 6.20 Å². The Morgan fingerprint density at radius 3 is 2.63 bits per heavy atom. The average molecular weight is 358 g/mol. The summed E-state index contributed by atoms with van der Waals surface area (Å²) in [7, 11) is 0. The van der Waals surface area contributed by atoms with Crippen LogP contribution in [0.4, 0.5) is 5.95 Å².